The summed E-state index contributed by atoms with van der Waals surface area (Å²) < 4.78 is 6.88. The van der Waals surface area contributed by atoms with E-state index in [1.807, 2.05) is 56.4 Å². The molecule has 0 spiro atoms. The quantitative estimate of drug-likeness (QED) is 0.374. The standard InChI is InChI=1S/C24H20N2O2S/c1-15(24-25-19-9-5-6-10-21(19)29-24)26(2)22(27)13-17-14-28-20-12-11-16-7-3-4-8-18(16)23(17)20/h3-12,14-15H,13H2,1-2H3. The van der Waals surface area contributed by atoms with Crippen LogP contribution in [-0.2, 0) is 11.2 Å². The number of furan rings is 1. The number of para-hydroxylation sites is 1. The molecule has 0 bridgehead atoms. The molecule has 1 unspecified atom stereocenters. The largest absolute Gasteiger partial charge is 0.464 e. The van der Waals surface area contributed by atoms with Gasteiger partial charge in [0.05, 0.1) is 28.9 Å². The number of nitrogens with zero attached hydrogens (tertiary/aromatic N) is 2. The van der Waals surface area contributed by atoms with Gasteiger partial charge < -0.3 is 9.32 Å². The van der Waals surface area contributed by atoms with Crippen LogP contribution in [0.4, 0.5) is 0 Å². The number of likely N-dealkylation sites (N-methyl/N-ethyl adjacent to an activating group) is 1. The summed E-state index contributed by atoms with van der Waals surface area (Å²) in [6.07, 6.45) is 2.01. The van der Waals surface area contributed by atoms with Crippen LogP contribution in [0.1, 0.15) is 23.5 Å². The van der Waals surface area contributed by atoms with Crippen molar-refractivity contribution in [2.75, 3.05) is 7.05 Å². The Bertz CT molecular complexity index is 1320. The average molecular weight is 401 g/mol. The maximum atomic E-state index is 13.1. The molecule has 29 heavy (non-hydrogen) atoms. The molecule has 0 aliphatic rings. The van der Waals surface area contributed by atoms with E-state index in [1.54, 1.807) is 22.5 Å². The van der Waals surface area contributed by atoms with Crippen LogP contribution in [-0.4, -0.2) is 22.8 Å². The number of thiazole rings is 1. The van der Waals surface area contributed by atoms with Crippen molar-refractivity contribution in [2.45, 2.75) is 19.4 Å². The second-order valence-corrected chi connectivity index (χ2v) is 8.36. The van der Waals surface area contributed by atoms with E-state index in [0.717, 1.165) is 42.5 Å². The Morgan fingerprint density at radius 2 is 1.90 bits per heavy atom. The number of hydrogen-bond acceptors (Lipinski definition) is 4. The van der Waals surface area contributed by atoms with Crippen LogP contribution in [0.25, 0.3) is 32.0 Å². The highest BCUT2D eigenvalue weighted by Gasteiger charge is 2.22. The lowest BCUT2D eigenvalue weighted by molar-refractivity contribution is -0.131. The molecule has 5 rings (SSSR count). The second-order valence-electron chi connectivity index (χ2n) is 7.30. The van der Waals surface area contributed by atoms with Gasteiger partial charge in [-0.2, -0.15) is 0 Å². The van der Waals surface area contributed by atoms with Crippen LogP contribution in [0.2, 0.25) is 0 Å². The van der Waals surface area contributed by atoms with E-state index < -0.39 is 0 Å². The van der Waals surface area contributed by atoms with Gasteiger partial charge in [0.1, 0.15) is 10.6 Å². The first-order valence-corrected chi connectivity index (χ1v) is 10.4. The SMILES string of the molecule is CC(c1nc2ccccc2s1)N(C)C(=O)Cc1coc2ccc3ccccc3c12. The fourth-order valence-electron chi connectivity index (χ4n) is 3.74. The Hall–Kier alpha value is -3.18. The lowest BCUT2D eigenvalue weighted by Gasteiger charge is -2.23. The Balaban J connectivity index is 1.44. The summed E-state index contributed by atoms with van der Waals surface area (Å²) >= 11 is 1.64. The smallest absolute Gasteiger partial charge is 0.227 e. The van der Waals surface area contributed by atoms with Gasteiger partial charge in [-0.25, -0.2) is 4.98 Å². The van der Waals surface area contributed by atoms with Gasteiger partial charge in [0.25, 0.3) is 0 Å². The number of carbonyl (C=O) groups is 1. The number of benzene rings is 3. The van der Waals surface area contributed by atoms with Crippen molar-refractivity contribution < 1.29 is 9.21 Å². The van der Waals surface area contributed by atoms with Crippen molar-refractivity contribution in [1.29, 1.82) is 0 Å². The van der Waals surface area contributed by atoms with Crippen molar-refractivity contribution in [1.82, 2.24) is 9.88 Å². The third-order valence-electron chi connectivity index (χ3n) is 5.52. The molecule has 4 nitrogen and oxygen atoms in total. The average Bonchev–Trinajstić information content (AvgIpc) is 3.37. The predicted molar refractivity (Wildman–Crippen MR) is 118 cm³/mol. The summed E-state index contributed by atoms with van der Waals surface area (Å²) in [7, 11) is 1.85. The molecule has 0 aliphatic heterocycles. The van der Waals surface area contributed by atoms with Gasteiger partial charge in [-0.05, 0) is 35.9 Å². The number of amides is 1. The molecule has 0 saturated heterocycles. The number of aromatic nitrogens is 1. The van der Waals surface area contributed by atoms with E-state index in [9.17, 15) is 4.79 Å². The maximum absolute atomic E-state index is 13.1. The molecule has 3 aromatic carbocycles. The summed E-state index contributed by atoms with van der Waals surface area (Å²) in [5.41, 5.74) is 2.71. The van der Waals surface area contributed by atoms with E-state index >= 15 is 0 Å². The minimum atomic E-state index is -0.0881. The first-order valence-electron chi connectivity index (χ1n) is 9.61. The molecule has 0 fully saturated rings. The number of hydrogen-bond donors (Lipinski definition) is 0. The van der Waals surface area contributed by atoms with Crippen molar-refractivity contribution >= 4 is 49.2 Å². The molecule has 0 aliphatic carbocycles. The number of rotatable bonds is 4. The summed E-state index contributed by atoms with van der Waals surface area (Å²) in [6.45, 7) is 2.03. The molecule has 5 aromatic rings. The summed E-state index contributed by atoms with van der Waals surface area (Å²) in [5.74, 6) is 0.0485. The van der Waals surface area contributed by atoms with Crippen LogP contribution in [0.5, 0.6) is 0 Å². The van der Waals surface area contributed by atoms with E-state index in [4.69, 9.17) is 9.40 Å². The fraction of sp³-hybridized carbons (Fsp3) is 0.167. The highest BCUT2D eigenvalue weighted by atomic mass is 32.1. The summed E-state index contributed by atoms with van der Waals surface area (Å²) in [5, 5.41) is 4.23. The van der Waals surface area contributed by atoms with Gasteiger partial charge in [0.15, 0.2) is 0 Å². The third-order valence-corrected chi connectivity index (χ3v) is 6.73. The number of fused-ring (bicyclic) bond motifs is 4. The van der Waals surface area contributed by atoms with Crippen LogP contribution in [0.3, 0.4) is 0 Å². The van der Waals surface area contributed by atoms with Crippen LogP contribution in [0, 0.1) is 0 Å². The molecule has 1 amide bonds. The zero-order valence-electron chi connectivity index (χ0n) is 16.3. The molecule has 0 N–H and O–H groups in total. The van der Waals surface area contributed by atoms with Crippen molar-refractivity contribution in [3.63, 3.8) is 0 Å². The van der Waals surface area contributed by atoms with Crippen LogP contribution in [0.15, 0.2) is 71.3 Å². The third kappa shape index (κ3) is 3.08. The summed E-state index contributed by atoms with van der Waals surface area (Å²) in [6, 6.07) is 20.2. The Kier molecular flexibility index (Phi) is 4.32. The molecule has 144 valence electrons. The molecule has 5 heteroatoms. The molecule has 0 radical (unpaired) electrons. The molecular formula is C24H20N2O2S. The Morgan fingerprint density at radius 1 is 1.10 bits per heavy atom. The molecule has 2 heterocycles. The van der Waals surface area contributed by atoms with Gasteiger partial charge in [0.2, 0.25) is 5.91 Å². The second kappa shape index (κ2) is 7.01. The first kappa shape index (κ1) is 17.9. The lowest BCUT2D eigenvalue weighted by Crippen LogP contribution is -2.30. The van der Waals surface area contributed by atoms with Crippen molar-refractivity contribution in [3.05, 3.63) is 77.5 Å². The number of carbonyl (C=O) groups excluding carboxylic acids is 1. The zero-order chi connectivity index (χ0) is 20.0. The lowest BCUT2D eigenvalue weighted by atomic mass is 10.0. The fourth-order valence-corrected chi connectivity index (χ4v) is 4.81. The Labute approximate surface area is 172 Å². The van der Waals surface area contributed by atoms with Crippen LogP contribution < -0.4 is 0 Å². The van der Waals surface area contributed by atoms with Crippen molar-refractivity contribution in [3.8, 4) is 0 Å². The zero-order valence-corrected chi connectivity index (χ0v) is 17.1. The minimum absolute atomic E-state index is 0.0485. The highest BCUT2D eigenvalue weighted by Crippen LogP contribution is 2.32. The van der Waals surface area contributed by atoms with E-state index in [2.05, 4.69) is 18.2 Å². The van der Waals surface area contributed by atoms with Crippen LogP contribution >= 0.6 is 11.3 Å². The van der Waals surface area contributed by atoms with Gasteiger partial charge >= 0.3 is 0 Å². The minimum Gasteiger partial charge on any atom is -0.464 e. The van der Waals surface area contributed by atoms with E-state index in [0.29, 0.717) is 6.42 Å². The van der Waals surface area contributed by atoms with Gasteiger partial charge in [-0.15, -0.1) is 11.3 Å². The normalized spacial score (nSPS) is 12.6. The predicted octanol–water partition coefficient (Wildman–Crippen LogP) is 5.96. The van der Waals surface area contributed by atoms with Gasteiger partial charge in [-0.3, -0.25) is 4.79 Å². The molecule has 2 aromatic heterocycles. The maximum Gasteiger partial charge on any atom is 0.227 e. The highest BCUT2D eigenvalue weighted by molar-refractivity contribution is 7.18. The van der Waals surface area contributed by atoms with Crippen molar-refractivity contribution in [2.24, 2.45) is 0 Å². The van der Waals surface area contributed by atoms with Gasteiger partial charge in [-0.1, -0.05) is 42.5 Å². The monoisotopic (exact) mass is 400 g/mol. The summed E-state index contributed by atoms with van der Waals surface area (Å²) in [4.78, 5) is 19.6. The molecular weight excluding hydrogens is 380 g/mol. The topological polar surface area (TPSA) is 46.3 Å². The first-order chi connectivity index (χ1) is 14.1. The molecule has 0 saturated carbocycles. The van der Waals surface area contributed by atoms with E-state index in [-0.39, 0.29) is 11.9 Å². The van der Waals surface area contributed by atoms with Gasteiger partial charge in [0, 0.05) is 18.0 Å². The van der Waals surface area contributed by atoms with E-state index in [1.165, 1.54) is 0 Å². The molecule has 1 atom stereocenters. The Morgan fingerprint density at radius 3 is 2.76 bits per heavy atom.